The Labute approximate surface area is 171 Å². The zero-order chi connectivity index (χ0) is 20.5. The minimum absolute atomic E-state index is 0.0452. The lowest BCUT2D eigenvalue weighted by Gasteiger charge is -2.25. The second-order valence-corrected chi connectivity index (χ2v) is 7.90. The van der Waals surface area contributed by atoms with Crippen LogP contribution < -0.4 is 10.2 Å². The van der Waals surface area contributed by atoms with Crippen LogP contribution in [0.1, 0.15) is 53.0 Å². The molecule has 152 valence electrons. The summed E-state index contributed by atoms with van der Waals surface area (Å²) < 4.78 is 1.78. The van der Waals surface area contributed by atoms with E-state index in [0.29, 0.717) is 18.0 Å². The first kappa shape index (κ1) is 19.4. The van der Waals surface area contributed by atoms with Crippen LogP contribution in [0.2, 0.25) is 0 Å². The van der Waals surface area contributed by atoms with Gasteiger partial charge < -0.3 is 10.2 Å². The van der Waals surface area contributed by atoms with Crippen molar-refractivity contribution < 1.29 is 4.79 Å². The van der Waals surface area contributed by atoms with E-state index in [1.807, 2.05) is 20.0 Å². The van der Waals surface area contributed by atoms with Crippen LogP contribution in [0.15, 0.2) is 30.3 Å². The number of fused-ring (bicyclic) bond motifs is 1. The highest BCUT2D eigenvalue weighted by Gasteiger charge is 2.28. The largest absolute Gasteiger partial charge is 0.370 e. The lowest BCUT2D eigenvalue weighted by molar-refractivity contribution is 0.0956. The van der Waals surface area contributed by atoms with Crippen LogP contribution in [0.25, 0.3) is 11.0 Å². The highest BCUT2D eigenvalue weighted by atomic mass is 16.1. The van der Waals surface area contributed by atoms with Crippen molar-refractivity contribution >= 4 is 22.6 Å². The third-order valence-electron chi connectivity index (χ3n) is 5.73. The molecule has 2 heterocycles. The molecule has 1 aromatic carbocycles. The van der Waals surface area contributed by atoms with Crippen LogP contribution in [0, 0.1) is 13.8 Å². The summed E-state index contributed by atoms with van der Waals surface area (Å²) in [4.78, 5) is 20.2. The Bertz CT molecular complexity index is 1050. The van der Waals surface area contributed by atoms with Crippen molar-refractivity contribution in [2.45, 2.75) is 39.5 Å². The van der Waals surface area contributed by atoms with Crippen molar-refractivity contribution in [2.24, 2.45) is 7.05 Å². The van der Waals surface area contributed by atoms with E-state index in [1.165, 1.54) is 11.3 Å². The first-order valence-electron chi connectivity index (χ1n) is 10.4. The number of carbonyl (C=O) groups excluding carboxylic acids is 1. The number of para-hydroxylation sites is 1. The first-order chi connectivity index (χ1) is 14.0. The van der Waals surface area contributed by atoms with Crippen LogP contribution >= 0.6 is 0 Å². The topological polar surface area (TPSA) is 63.1 Å². The fourth-order valence-corrected chi connectivity index (χ4v) is 4.00. The second kappa shape index (κ2) is 7.85. The minimum Gasteiger partial charge on any atom is -0.370 e. The Kier molecular flexibility index (Phi) is 5.26. The third-order valence-corrected chi connectivity index (χ3v) is 5.73. The molecule has 0 radical (unpaired) electrons. The molecule has 1 aliphatic carbocycles. The number of likely N-dealkylation sites (N-methyl/N-ethyl adjacent to an activating group) is 1. The lowest BCUT2D eigenvalue weighted by Crippen LogP contribution is -2.35. The summed E-state index contributed by atoms with van der Waals surface area (Å²) in [5.41, 5.74) is 5.82. The van der Waals surface area contributed by atoms with E-state index in [9.17, 15) is 4.79 Å². The molecule has 3 aromatic rings. The van der Waals surface area contributed by atoms with Gasteiger partial charge in [-0.2, -0.15) is 5.10 Å². The van der Waals surface area contributed by atoms with Crippen LogP contribution in [-0.4, -0.2) is 40.3 Å². The maximum absolute atomic E-state index is 13.1. The summed E-state index contributed by atoms with van der Waals surface area (Å²) >= 11 is 0. The van der Waals surface area contributed by atoms with E-state index < -0.39 is 0 Å². The smallest absolute Gasteiger partial charge is 0.252 e. The molecule has 1 aliphatic rings. The summed E-state index contributed by atoms with van der Waals surface area (Å²) in [7, 11) is 1.89. The Morgan fingerprint density at radius 1 is 1.28 bits per heavy atom. The number of aryl methyl sites for hydroxylation is 3. The molecule has 1 fully saturated rings. The normalized spacial score (nSPS) is 13.7. The quantitative estimate of drug-likeness (QED) is 0.667. The van der Waals surface area contributed by atoms with E-state index in [4.69, 9.17) is 4.98 Å². The number of rotatable bonds is 7. The molecule has 0 aliphatic heterocycles. The molecule has 0 bridgehead atoms. The molecule has 1 N–H and O–H groups in total. The van der Waals surface area contributed by atoms with E-state index in [1.54, 1.807) is 4.68 Å². The average Bonchev–Trinajstić information content (AvgIpc) is 3.52. The number of pyridine rings is 1. The molecular weight excluding hydrogens is 362 g/mol. The summed E-state index contributed by atoms with van der Waals surface area (Å²) in [5.74, 6) is 0.439. The van der Waals surface area contributed by atoms with Crippen LogP contribution in [-0.2, 0) is 7.05 Å². The summed E-state index contributed by atoms with van der Waals surface area (Å²) in [5, 5.41) is 8.48. The van der Waals surface area contributed by atoms with E-state index in [0.717, 1.165) is 48.4 Å². The van der Waals surface area contributed by atoms with Crippen LogP contribution in [0.5, 0.6) is 0 Å². The monoisotopic (exact) mass is 391 g/mol. The Balaban J connectivity index is 1.53. The van der Waals surface area contributed by atoms with Crippen molar-refractivity contribution in [1.29, 1.82) is 0 Å². The Hall–Kier alpha value is -2.89. The van der Waals surface area contributed by atoms with Gasteiger partial charge in [0.1, 0.15) is 0 Å². The number of hydrogen-bond acceptors (Lipinski definition) is 4. The molecule has 0 saturated heterocycles. The predicted octanol–water partition coefficient (Wildman–Crippen LogP) is 3.72. The molecule has 2 aromatic heterocycles. The number of nitrogens with zero attached hydrogens (tertiary/aromatic N) is 4. The number of hydrogen-bond donors (Lipinski definition) is 1. The molecule has 0 atom stereocenters. The number of amides is 1. The number of nitrogens with one attached hydrogen (secondary N) is 1. The number of carbonyl (C=O) groups is 1. The molecule has 6 nitrogen and oxygen atoms in total. The van der Waals surface area contributed by atoms with Crippen molar-refractivity contribution in [3.63, 3.8) is 0 Å². The van der Waals surface area contributed by atoms with Crippen molar-refractivity contribution in [1.82, 2.24) is 20.1 Å². The van der Waals surface area contributed by atoms with Crippen LogP contribution in [0.3, 0.4) is 0 Å². The lowest BCUT2D eigenvalue weighted by atomic mass is 10.1. The average molecular weight is 392 g/mol. The van der Waals surface area contributed by atoms with Crippen molar-refractivity contribution in [3.8, 4) is 0 Å². The zero-order valence-corrected chi connectivity index (χ0v) is 17.7. The van der Waals surface area contributed by atoms with Gasteiger partial charge in [0.2, 0.25) is 0 Å². The Morgan fingerprint density at radius 3 is 2.72 bits per heavy atom. The van der Waals surface area contributed by atoms with Gasteiger partial charge in [0.05, 0.1) is 16.6 Å². The SMILES string of the molecule is CCN(CCNC(=O)c1cc(C2CC2)nc2c1c(C)nn2C)c1ccccc1C. The molecule has 4 rings (SSSR count). The molecule has 1 saturated carbocycles. The van der Waals surface area contributed by atoms with Gasteiger partial charge >= 0.3 is 0 Å². The van der Waals surface area contributed by atoms with Gasteiger partial charge in [0.25, 0.3) is 5.91 Å². The maximum Gasteiger partial charge on any atom is 0.252 e. The van der Waals surface area contributed by atoms with E-state index in [-0.39, 0.29) is 5.91 Å². The molecule has 0 unspecified atom stereocenters. The summed E-state index contributed by atoms with van der Waals surface area (Å²) in [6, 6.07) is 10.3. The molecule has 29 heavy (non-hydrogen) atoms. The molecule has 1 amide bonds. The van der Waals surface area contributed by atoms with Crippen molar-refractivity contribution in [3.05, 3.63) is 52.8 Å². The molecule has 0 spiro atoms. The van der Waals surface area contributed by atoms with Gasteiger partial charge in [-0.1, -0.05) is 18.2 Å². The van der Waals surface area contributed by atoms with E-state index >= 15 is 0 Å². The third kappa shape index (κ3) is 3.84. The van der Waals surface area contributed by atoms with Gasteiger partial charge in [-0.25, -0.2) is 4.98 Å². The van der Waals surface area contributed by atoms with Crippen molar-refractivity contribution in [2.75, 3.05) is 24.5 Å². The zero-order valence-electron chi connectivity index (χ0n) is 17.7. The second-order valence-electron chi connectivity index (χ2n) is 7.90. The molecular formula is C23H29N5O. The number of aromatic nitrogens is 3. The van der Waals surface area contributed by atoms with Gasteiger partial charge in [-0.3, -0.25) is 9.48 Å². The van der Waals surface area contributed by atoms with Crippen LogP contribution in [0.4, 0.5) is 5.69 Å². The fraction of sp³-hybridized carbons (Fsp3) is 0.435. The van der Waals surface area contributed by atoms with Gasteiger partial charge in [-0.05, 0) is 51.3 Å². The maximum atomic E-state index is 13.1. The summed E-state index contributed by atoms with van der Waals surface area (Å²) in [6.45, 7) is 8.45. The predicted molar refractivity (Wildman–Crippen MR) is 117 cm³/mol. The van der Waals surface area contributed by atoms with Gasteiger partial charge in [0, 0.05) is 44.0 Å². The number of anilines is 1. The Morgan fingerprint density at radius 2 is 2.03 bits per heavy atom. The summed E-state index contributed by atoms with van der Waals surface area (Å²) in [6.07, 6.45) is 2.30. The first-order valence-corrected chi connectivity index (χ1v) is 10.4. The van der Waals surface area contributed by atoms with Gasteiger partial charge in [0.15, 0.2) is 5.65 Å². The highest BCUT2D eigenvalue weighted by molar-refractivity contribution is 6.06. The number of benzene rings is 1. The fourth-order valence-electron chi connectivity index (χ4n) is 4.00. The van der Waals surface area contributed by atoms with Gasteiger partial charge in [-0.15, -0.1) is 0 Å². The molecule has 6 heteroatoms. The van der Waals surface area contributed by atoms with E-state index in [2.05, 4.69) is 53.4 Å². The standard InChI is InChI=1S/C23H29N5O/c1-5-28(20-9-7-6-8-15(20)2)13-12-24-23(29)18-14-19(17-10-11-17)25-22-21(18)16(3)26-27(22)4/h6-9,14,17H,5,10-13H2,1-4H3,(H,24,29). The minimum atomic E-state index is -0.0452. The highest BCUT2D eigenvalue weighted by Crippen LogP contribution is 2.40.